The molecule has 172 valence electrons. The number of carbonyl (C=O) groups is 1. The van der Waals surface area contributed by atoms with Gasteiger partial charge in [0.05, 0.1) is 4.90 Å². The smallest absolute Gasteiger partial charge is 0.255 e. The number of rotatable bonds is 5. The van der Waals surface area contributed by atoms with Crippen molar-refractivity contribution in [2.75, 3.05) is 36.4 Å². The average molecular weight is 475 g/mol. The zero-order valence-corrected chi connectivity index (χ0v) is 18.2. The van der Waals surface area contributed by atoms with Crippen molar-refractivity contribution in [1.82, 2.24) is 4.31 Å². The molecule has 0 saturated carbocycles. The number of amides is 1. The molecule has 1 saturated heterocycles. The minimum absolute atomic E-state index is 0.0330. The van der Waals surface area contributed by atoms with Crippen molar-refractivity contribution in [3.8, 4) is 0 Å². The zero-order chi connectivity index (χ0) is 23.6. The molecule has 1 heterocycles. The lowest BCUT2D eigenvalue weighted by Gasteiger charge is -2.35. The summed E-state index contributed by atoms with van der Waals surface area (Å²) in [6.07, 6.45) is 0. The molecule has 33 heavy (non-hydrogen) atoms. The van der Waals surface area contributed by atoms with Gasteiger partial charge in [-0.1, -0.05) is 6.07 Å². The summed E-state index contributed by atoms with van der Waals surface area (Å²) >= 11 is 0. The first kappa shape index (κ1) is 22.8. The lowest BCUT2D eigenvalue weighted by atomic mass is 10.2. The van der Waals surface area contributed by atoms with Crippen LogP contribution in [0.1, 0.15) is 10.4 Å². The van der Waals surface area contributed by atoms with Crippen LogP contribution in [0.2, 0.25) is 0 Å². The van der Waals surface area contributed by atoms with E-state index in [0.717, 1.165) is 17.8 Å². The molecule has 3 aromatic carbocycles. The van der Waals surface area contributed by atoms with E-state index in [2.05, 4.69) is 5.32 Å². The Morgan fingerprint density at radius 3 is 2.06 bits per heavy atom. The molecule has 0 atom stereocenters. The van der Waals surface area contributed by atoms with Gasteiger partial charge < -0.3 is 10.2 Å². The van der Waals surface area contributed by atoms with Crippen molar-refractivity contribution >= 4 is 27.3 Å². The van der Waals surface area contributed by atoms with E-state index in [1.54, 1.807) is 12.1 Å². The maximum atomic E-state index is 13.4. The van der Waals surface area contributed by atoms with Crippen molar-refractivity contribution in [1.29, 1.82) is 0 Å². The number of nitrogens with one attached hydrogen (secondary N) is 1. The van der Waals surface area contributed by atoms with Gasteiger partial charge in [-0.15, -0.1) is 0 Å². The van der Waals surface area contributed by atoms with E-state index in [1.807, 2.05) is 4.90 Å². The summed E-state index contributed by atoms with van der Waals surface area (Å²) in [4.78, 5) is 14.4. The van der Waals surface area contributed by atoms with Gasteiger partial charge in [0.1, 0.15) is 17.5 Å². The Labute approximate surface area is 189 Å². The SMILES string of the molecule is O=C(Nc1cc(F)cc(F)c1)c1cccc(S(=O)(=O)N2CCN(c3ccc(F)cc3)CC2)c1. The molecule has 0 bridgehead atoms. The zero-order valence-electron chi connectivity index (χ0n) is 17.3. The molecule has 0 unspecified atom stereocenters. The number of anilines is 2. The monoisotopic (exact) mass is 475 g/mol. The topological polar surface area (TPSA) is 69.7 Å². The molecule has 4 rings (SSSR count). The second-order valence-electron chi connectivity index (χ2n) is 7.51. The van der Waals surface area contributed by atoms with Gasteiger partial charge in [-0.3, -0.25) is 4.79 Å². The first-order valence-corrected chi connectivity index (χ1v) is 11.5. The van der Waals surface area contributed by atoms with Gasteiger partial charge in [0.2, 0.25) is 10.0 Å². The number of nitrogens with zero attached hydrogens (tertiary/aromatic N) is 2. The molecule has 1 N–H and O–H groups in total. The van der Waals surface area contributed by atoms with Crippen LogP contribution in [0.25, 0.3) is 0 Å². The summed E-state index contributed by atoms with van der Waals surface area (Å²) < 4.78 is 67.4. The summed E-state index contributed by atoms with van der Waals surface area (Å²) in [6.45, 7) is 1.30. The number of piperazine rings is 1. The Morgan fingerprint density at radius 2 is 1.42 bits per heavy atom. The van der Waals surface area contributed by atoms with Crippen molar-refractivity contribution in [2.24, 2.45) is 0 Å². The third-order valence-electron chi connectivity index (χ3n) is 5.28. The van der Waals surface area contributed by atoms with Crippen LogP contribution in [0.15, 0.2) is 71.6 Å². The molecule has 1 aliphatic rings. The van der Waals surface area contributed by atoms with E-state index in [1.165, 1.54) is 40.7 Å². The molecule has 1 amide bonds. The van der Waals surface area contributed by atoms with Gasteiger partial charge in [0, 0.05) is 49.2 Å². The van der Waals surface area contributed by atoms with Crippen LogP contribution >= 0.6 is 0 Å². The van der Waals surface area contributed by atoms with Crippen LogP contribution in [0.5, 0.6) is 0 Å². The maximum Gasteiger partial charge on any atom is 0.255 e. The molecule has 0 aromatic heterocycles. The predicted octanol–water partition coefficient (Wildman–Crippen LogP) is 3.87. The number of benzene rings is 3. The quantitative estimate of drug-likeness (QED) is 0.609. The first-order valence-electron chi connectivity index (χ1n) is 10.1. The molecule has 1 fully saturated rings. The number of sulfonamides is 1. The molecule has 0 aliphatic carbocycles. The predicted molar refractivity (Wildman–Crippen MR) is 118 cm³/mol. The first-order chi connectivity index (χ1) is 15.7. The maximum absolute atomic E-state index is 13.4. The van der Waals surface area contributed by atoms with Gasteiger partial charge in [-0.05, 0) is 54.6 Å². The van der Waals surface area contributed by atoms with E-state index in [9.17, 15) is 26.4 Å². The molecule has 3 aromatic rings. The fourth-order valence-corrected chi connectivity index (χ4v) is 5.08. The van der Waals surface area contributed by atoms with E-state index in [4.69, 9.17) is 0 Å². The molecular formula is C23H20F3N3O3S. The summed E-state index contributed by atoms with van der Waals surface area (Å²) in [7, 11) is -3.87. The number of carbonyl (C=O) groups excluding carboxylic acids is 1. The highest BCUT2D eigenvalue weighted by Gasteiger charge is 2.29. The molecular weight excluding hydrogens is 455 g/mol. The Morgan fingerprint density at radius 1 is 0.788 bits per heavy atom. The molecule has 6 nitrogen and oxygen atoms in total. The molecule has 10 heteroatoms. The Hall–Kier alpha value is -3.37. The van der Waals surface area contributed by atoms with Crippen LogP contribution in [-0.4, -0.2) is 44.8 Å². The van der Waals surface area contributed by atoms with E-state index < -0.39 is 27.6 Å². The number of halogens is 3. The van der Waals surface area contributed by atoms with Crippen molar-refractivity contribution in [2.45, 2.75) is 4.90 Å². The van der Waals surface area contributed by atoms with Crippen LogP contribution < -0.4 is 10.2 Å². The summed E-state index contributed by atoms with van der Waals surface area (Å²) in [5.74, 6) is -2.73. The van der Waals surface area contributed by atoms with Crippen molar-refractivity contribution in [3.63, 3.8) is 0 Å². The van der Waals surface area contributed by atoms with Gasteiger partial charge >= 0.3 is 0 Å². The van der Waals surface area contributed by atoms with E-state index in [0.29, 0.717) is 19.2 Å². The standard InChI is InChI=1S/C23H20F3N3O3S/c24-17-4-6-21(7-5-17)28-8-10-29(11-9-28)33(31,32)22-3-1-2-16(12-22)23(30)27-20-14-18(25)13-19(26)15-20/h1-7,12-15H,8-11H2,(H,27,30). The van der Waals surface area contributed by atoms with Crippen LogP contribution in [0.4, 0.5) is 24.5 Å². The number of hydrogen-bond acceptors (Lipinski definition) is 4. The minimum atomic E-state index is -3.87. The van der Waals surface area contributed by atoms with Gasteiger partial charge in [-0.25, -0.2) is 21.6 Å². The Kier molecular flexibility index (Phi) is 6.39. The lowest BCUT2D eigenvalue weighted by molar-refractivity contribution is 0.102. The van der Waals surface area contributed by atoms with Crippen LogP contribution in [-0.2, 0) is 10.0 Å². The van der Waals surface area contributed by atoms with Gasteiger partial charge in [0.25, 0.3) is 5.91 Å². The molecule has 1 aliphatic heterocycles. The average Bonchev–Trinajstić information content (AvgIpc) is 2.79. The summed E-state index contributed by atoms with van der Waals surface area (Å²) in [5, 5.41) is 2.37. The molecule has 0 radical (unpaired) electrons. The highest BCUT2D eigenvalue weighted by atomic mass is 32.2. The Bertz CT molecular complexity index is 1260. The minimum Gasteiger partial charge on any atom is -0.369 e. The number of hydrogen-bond donors (Lipinski definition) is 1. The van der Waals surface area contributed by atoms with Gasteiger partial charge in [0.15, 0.2) is 0 Å². The largest absolute Gasteiger partial charge is 0.369 e. The van der Waals surface area contributed by atoms with Gasteiger partial charge in [-0.2, -0.15) is 4.31 Å². The third kappa shape index (κ3) is 5.18. The normalized spacial score (nSPS) is 14.8. The van der Waals surface area contributed by atoms with Crippen LogP contribution in [0, 0.1) is 17.5 Å². The van der Waals surface area contributed by atoms with E-state index in [-0.39, 0.29) is 35.1 Å². The lowest BCUT2D eigenvalue weighted by Crippen LogP contribution is -2.48. The van der Waals surface area contributed by atoms with E-state index >= 15 is 0 Å². The second kappa shape index (κ2) is 9.24. The molecule has 0 spiro atoms. The summed E-state index contributed by atoms with van der Waals surface area (Å²) in [5.41, 5.74) is 0.759. The van der Waals surface area contributed by atoms with Crippen molar-refractivity contribution < 1.29 is 26.4 Å². The Balaban J connectivity index is 1.47. The fourth-order valence-electron chi connectivity index (χ4n) is 3.61. The summed E-state index contributed by atoms with van der Waals surface area (Å²) in [6, 6.07) is 14.1. The third-order valence-corrected chi connectivity index (χ3v) is 7.18. The highest BCUT2D eigenvalue weighted by molar-refractivity contribution is 7.89. The fraction of sp³-hybridized carbons (Fsp3) is 0.174. The van der Waals surface area contributed by atoms with Crippen LogP contribution in [0.3, 0.4) is 0 Å². The second-order valence-corrected chi connectivity index (χ2v) is 9.45. The highest BCUT2D eigenvalue weighted by Crippen LogP contribution is 2.23. The van der Waals surface area contributed by atoms with Crippen molar-refractivity contribution in [3.05, 3.63) is 89.7 Å².